The van der Waals surface area contributed by atoms with Crippen molar-refractivity contribution >= 4 is 23.9 Å². The van der Waals surface area contributed by atoms with E-state index in [9.17, 15) is 29.4 Å². The van der Waals surface area contributed by atoms with E-state index in [2.05, 4.69) is 17.0 Å². The van der Waals surface area contributed by atoms with Crippen LogP contribution < -0.4 is 0 Å². The highest BCUT2D eigenvalue weighted by atomic mass is 16.7. The fourth-order valence-corrected chi connectivity index (χ4v) is 10.7. The quantitative estimate of drug-likeness (QED) is 0.114. The summed E-state index contributed by atoms with van der Waals surface area (Å²) < 4.78 is 61.8. The summed E-state index contributed by atoms with van der Waals surface area (Å²) in [6.45, 7) is 15.3. The molecule has 400 valence electrons. The van der Waals surface area contributed by atoms with E-state index in [0.29, 0.717) is 32.5 Å². The Hall–Kier alpha value is -3.30. The molecule has 0 aliphatic carbocycles. The van der Waals surface area contributed by atoms with Crippen LogP contribution >= 0.6 is 0 Å². The van der Waals surface area contributed by atoms with Gasteiger partial charge in [0, 0.05) is 72.9 Å². The highest BCUT2D eigenvalue weighted by Crippen LogP contribution is 2.43. The zero-order valence-electron chi connectivity index (χ0n) is 44.1. The molecule has 3 heterocycles. The van der Waals surface area contributed by atoms with E-state index in [0.717, 1.165) is 12.8 Å². The minimum atomic E-state index is -1.32. The maximum atomic E-state index is 14.0. The monoisotopic (exact) mass is 995 g/mol. The summed E-state index contributed by atoms with van der Waals surface area (Å²) in [4.78, 5) is 56.4. The van der Waals surface area contributed by atoms with Crippen molar-refractivity contribution in [3.8, 4) is 0 Å². The Morgan fingerprint density at radius 3 is 2.19 bits per heavy atom. The normalized spacial score (nSPS) is 35.3. The highest BCUT2D eigenvalue weighted by Gasteiger charge is 2.56. The number of carbonyl (C=O) groups is 4. The van der Waals surface area contributed by atoms with Crippen molar-refractivity contribution in [1.82, 2.24) is 9.80 Å². The van der Waals surface area contributed by atoms with Crippen molar-refractivity contribution in [3.05, 3.63) is 35.9 Å². The summed E-state index contributed by atoms with van der Waals surface area (Å²) in [5, 5.41) is 25.1. The zero-order valence-corrected chi connectivity index (χ0v) is 44.1. The summed E-state index contributed by atoms with van der Waals surface area (Å²) >= 11 is 0. The number of aliphatic hydroxyl groups is 2. The Morgan fingerprint density at radius 2 is 1.59 bits per heavy atom. The van der Waals surface area contributed by atoms with Crippen LogP contribution in [-0.2, 0) is 73.0 Å². The lowest BCUT2D eigenvalue weighted by Gasteiger charge is -2.53. The molecule has 3 fully saturated rings. The van der Waals surface area contributed by atoms with Crippen LogP contribution in [0, 0.1) is 17.8 Å². The summed E-state index contributed by atoms with van der Waals surface area (Å²) in [5.41, 5.74) is -0.0952. The van der Waals surface area contributed by atoms with Gasteiger partial charge in [-0.2, -0.15) is 0 Å². The number of benzene rings is 1. The van der Waals surface area contributed by atoms with Gasteiger partial charge < -0.3 is 67.4 Å². The first-order valence-electron chi connectivity index (χ1n) is 25.3. The first kappa shape index (κ1) is 59.3. The second-order valence-corrected chi connectivity index (χ2v) is 20.0. The predicted octanol–water partition coefficient (Wildman–Crippen LogP) is 4.85. The molecule has 0 bridgehead atoms. The SMILES string of the molecule is CCC(=O)O[C@@H]1CC(=O)O[C@H](C)CCN(CCCc2ccccc2)C[C@H](O)[C@H](C)C[C@H](CC(OC)OC)[C@H]([C@@H]2O[C@H](C)[C@@H](O[C@H]3C[C@@](C)(OC(C)=O)[C@@H](OC(=O)CC)[C@H](C)O3)[C@H](N(C)C)[C@H]2O)[C@@H]1OC. The number of β-amino-alcohol motifs (C(OH)–C–C–N with tert-alkyl or cyclic N) is 1. The summed E-state index contributed by atoms with van der Waals surface area (Å²) in [7, 11) is 8.17. The van der Waals surface area contributed by atoms with Gasteiger partial charge in [-0.3, -0.25) is 19.2 Å². The molecule has 70 heavy (non-hydrogen) atoms. The molecule has 0 spiro atoms. The van der Waals surface area contributed by atoms with Crippen molar-refractivity contribution in [2.45, 2.75) is 198 Å². The topological polar surface area (TPSA) is 208 Å². The average Bonchev–Trinajstić information content (AvgIpc) is 3.30. The van der Waals surface area contributed by atoms with E-state index in [1.165, 1.54) is 33.8 Å². The van der Waals surface area contributed by atoms with Gasteiger partial charge in [0.25, 0.3) is 0 Å². The Labute approximate surface area is 416 Å². The molecular formula is C52H86N2O16. The molecule has 1 aromatic rings. The number of hydrogen-bond donors (Lipinski definition) is 2. The maximum Gasteiger partial charge on any atom is 0.309 e. The number of hydrogen-bond acceptors (Lipinski definition) is 18. The van der Waals surface area contributed by atoms with Crippen molar-refractivity contribution < 1.29 is 76.8 Å². The van der Waals surface area contributed by atoms with Crippen molar-refractivity contribution in [1.29, 1.82) is 0 Å². The van der Waals surface area contributed by atoms with Gasteiger partial charge in [-0.05, 0) is 91.4 Å². The van der Waals surface area contributed by atoms with Gasteiger partial charge in [0.1, 0.15) is 24.4 Å². The number of likely N-dealkylation sites (N-methyl/N-ethyl adjacent to an activating group) is 1. The van der Waals surface area contributed by atoms with Crippen molar-refractivity contribution in [2.75, 3.05) is 55.1 Å². The molecule has 3 aliphatic rings. The summed E-state index contributed by atoms with van der Waals surface area (Å²) in [6.07, 6.45) is -8.32. The number of ether oxygens (including phenoxy) is 10. The van der Waals surface area contributed by atoms with E-state index in [-0.39, 0.29) is 38.0 Å². The third-order valence-corrected chi connectivity index (χ3v) is 14.3. The fourth-order valence-electron chi connectivity index (χ4n) is 10.7. The van der Waals surface area contributed by atoms with Crippen LogP contribution in [-0.4, -0.2) is 184 Å². The predicted molar refractivity (Wildman–Crippen MR) is 258 cm³/mol. The molecule has 4 rings (SSSR count). The number of cyclic esters (lactones) is 1. The molecule has 16 atom stereocenters. The number of carbonyl (C=O) groups excluding carboxylic acids is 4. The first-order valence-corrected chi connectivity index (χ1v) is 25.3. The molecule has 0 unspecified atom stereocenters. The number of aliphatic hydroxyl groups excluding tert-OH is 2. The number of esters is 4. The van der Waals surface area contributed by atoms with Gasteiger partial charge >= 0.3 is 23.9 Å². The van der Waals surface area contributed by atoms with Crippen LogP contribution in [0.15, 0.2) is 30.3 Å². The standard InChI is InChI=1S/C52H86N2O16/c1-14-40(57)67-39-28-42(59)64-32(4)23-25-54(24-19-22-36-20-17-16-18-21-36)30-38(56)31(3)26-37(27-43(61-11)62-12)45(49(39)63-13)50-47(60)46(53(9)10)48(33(5)66-50)69-44-29-52(8,70-35(7)55)51(34(6)65-44)68-41(58)15-2/h16-18,20-21,31-34,37-39,43-51,56,60H,14-15,19,22-30H2,1-13H3/t31-,32-,33-,34+,37-,38+,39-,44+,45+,46-,47-,48-,49-,50+,51+,52-/m1/s1. The number of rotatable bonds is 18. The van der Waals surface area contributed by atoms with Crippen LogP contribution in [0.3, 0.4) is 0 Å². The van der Waals surface area contributed by atoms with Gasteiger partial charge in [0.05, 0.1) is 43.0 Å². The van der Waals surface area contributed by atoms with Crippen LogP contribution in [0.1, 0.15) is 112 Å². The molecule has 18 heteroatoms. The molecule has 0 saturated carbocycles. The lowest BCUT2D eigenvalue weighted by Crippen LogP contribution is -2.67. The molecule has 0 aromatic heterocycles. The molecule has 3 aliphatic heterocycles. The molecule has 2 N–H and O–H groups in total. The van der Waals surface area contributed by atoms with Crippen LogP contribution in [0.2, 0.25) is 0 Å². The summed E-state index contributed by atoms with van der Waals surface area (Å²) in [5.74, 6) is -3.88. The largest absolute Gasteiger partial charge is 0.463 e. The lowest BCUT2D eigenvalue weighted by molar-refractivity contribution is -0.320. The van der Waals surface area contributed by atoms with Crippen LogP contribution in [0.4, 0.5) is 0 Å². The zero-order chi connectivity index (χ0) is 51.9. The van der Waals surface area contributed by atoms with E-state index >= 15 is 0 Å². The van der Waals surface area contributed by atoms with Gasteiger partial charge in [-0.25, -0.2) is 0 Å². The molecule has 0 radical (unpaired) electrons. The second kappa shape index (κ2) is 28.2. The lowest BCUT2D eigenvalue weighted by atomic mass is 9.70. The minimum absolute atomic E-state index is 0.00277. The number of aryl methyl sites for hydroxylation is 1. The Bertz CT molecular complexity index is 1750. The highest BCUT2D eigenvalue weighted by molar-refractivity contribution is 5.73. The van der Waals surface area contributed by atoms with E-state index in [4.69, 9.17) is 47.4 Å². The van der Waals surface area contributed by atoms with E-state index < -0.39 is 121 Å². The summed E-state index contributed by atoms with van der Waals surface area (Å²) in [6, 6.07) is 9.48. The molecule has 18 nitrogen and oxygen atoms in total. The van der Waals surface area contributed by atoms with Crippen molar-refractivity contribution in [3.63, 3.8) is 0 Å². The average molecular weight is 995 g/mol. The third kappa shape index (κ3) is 16.6. The Balaban J connectivity index is 1.79. The van der Waals surface area contributed by atoms with Crippen LogP contribution in [0.25, 0.3) is 0 Å². The van der Waals surface area contributed by atoms with Gasteiger partial charge in [0.2, 0.25) is 0 Å². The number of methoxy groups -OCH3 is 3. The first-order chi connectivity index (χ1) is 33.2. The Morgan fingerprint density at radius 1 is 0.929 bits per heavy atom. The Kier molecular flexibility index (Phi) is 23.9. The van der Waals surface area contributed by atoms with Gasteiger partial charge in [-0.1, -0.05) is 51.1 Å². The minimum Gasteiger partial charge on any atom is -0.463 e. The molecule has 0 amide bonds. The molecule has 1 aromatic carbocycles. The maximum absolute atomic E-state index is 14.0. The smallest absolute Gasteiger partial charge is 0.309 e. The molecular weight excluding hydrogens is 909 g/mol. The third-order valence-electron chi connectivity index (χ3n) is 14.3. The van der Waals surface area contributed by atoms with E-state index in [1.54, 1.807) is 27.7 Å². The van der Waals surface area contributed by atoms with Crippen LogP contribution in [0.5, 0.6) is 0 Å². The van der Waals surface area contributed by atoms with Gasteiger partial charge in [-0.15, -0.1) is 0 Å². The van der Waals surface area contributed by atoms with Crippen molar-refractivity contribution in [2.24, 2.45) is 17.8 Å². The van der Waals surface area contributed by atoms with Gasteiger partial charge in [0.15, 0.2) is 24.3 Å². The number of nitrogens with zero attached hydrogens (tertiary/aromatic N) is 2. The fraction of sp³-hybridized carbons (Fsp3) is 0.808. The van der Waals surface area contributed by atoms with E-state index in [1.807, 2.05) is 58.0 Å². The molecule has 3 saturated heterocycles. The second-order valence-electron chi connectivity index (χ2n) is 20.0.